The molecule has 0 N–H and O–H groups in total. The van der Waals surface area contributed by atoms with Crippen LogP contribution in [-0.2, 0) is 32.1 Å². The molecule has 2 amide bonds. The van der Waals surface area contributed by atoms with Crippen LogP contribution in [0.5, 0.6) is 5.75 Å². The summed E-state index contributed by atoms with van der Waals surface area (Å²) in [5.41, 5.74) is 1.80. The van der Waals surface area contributed by atoms with Crippen molar-refractivity contribution in [3.63, 3.8) is 0 Å². The van der Waals surface area contributed by atoms with Gasteiger partial charge in [-0.25, -0.2) is 0 Å². The van der Waals surface area contributed by atoms with Gasteiger partial charge < -0.3 is 19.3 Å². The summed E-state index contributed by atoms with van der Waals surface area (Å²) in [5.74, 6) is -0.291. The van der Waals surface area contributed by atoms with Crippen LogP contribution >= 0.6 is 11.3 Å². The number of amides is 2. The minimum Gasteiger partial charge on any atom is -0.479 e. The van der Waals surface area contributed by atoms with E-state index in [1.165, 1.54) is 15.3 Å². The molecular formula is C21H22N2O5S. The fourth-order valence-corrected chi connectivity index (χ4v) is 4.45. The van der Waals surface area contributed by atoms with E-state index in [4.69, 9.17) is 9.47 Å². The third kappa shape index (κ3) is 4.12. The number of esters is 1. The highest BCUT2D eigenvalue weighted by Crippen LogP contribution is 2.33. The monoisotopic (exact) mass is 414 g/mol. The van der Waals surface area contributed by atoms with Gasteiger partial charge in [-0.1, -0.05) is 12.1 Å². The first-order valence-electron chi connectivity index (χ1n) is 9.58. The Kier molecular flexibility index (Phi) is 5.53. The first kappa shape index (κ1) is 19.4. The Labute approximate surface area is 172 Å². The number of nitrogens with zero attached hydrogens (tertiary/aromatic N) is 2. The van der Waals surface area contributed by atoms with Crippen LogP contribution in [0.25, 0.3) is 0 Å². The molecule has 152 valence electrons. The van der Waals surface area contributed by atoms with Gasteiger partial charge in [0.1, 0.15) is 5.75 Å². The SMILES string of the molecule is C[C@H]1Oc2ccccc2N(CCC(=O)OCC(=O)N2CCc3sccc3C2)C1=O. The molecule has 1 atom stereocenters. The maximum absolute atomic E-state index is 12.4. The zero-order valence-corrected chi connectivity index (χ0v) is 16.9. The van der Waals surface area contributed by atoms with Crippen molar-refractivity contribution in [1.82, 2.24) is 4.90 Å². The van der Waals surface area contributed by atoms with Crippen molar-refractivity contribution < 1.29 is 23.9 Å². The predicted molar refractivity (Wildman–Crippen MR) is 108 cm³/mol. The smallest absolute Gasteiger partial charge is 0.308 e. The average Bonchev–Trinajstić information content (AvgIpc) is 3.20. The maximum Gasteiger partial charge on any atom is 0.308 e. The van der Waals surface area contributed by atoms with Crippen molar-refractivity contribution in [1.29, 1.82) is 0 Å². The molecule has 1 aromatic heterocycles. The fourth-order valence-electron chi connectivity index (χ4n) is 3.56. The quantitative estimate of drug-likeness (QED) is 0.702. The average molecular weight is 414 g/mol. The zero-order valence-electron chi connectivity index (χ0n) is 16.1. The minimum absolute atomic E-state index is 0.00868. The molecule has 2 aliphatic rings. The minimum atomic E-state index is -0.608. The summed E-state index contributed by atoms with van der Waals surface area (Å²) in [6, 6.07) is 9.25. The van der Waals surface area contributed by atoms with Gasteiger partial charge in [-0.3, -0.25) is 14.4 Å². The molecule has 0 spiro atoms. The fraction of sp³-hybridized carbons (Fsp3) is 0.381. The summed E-state index contributed by atoms with van der Waals surface area (Å²) in [6.07, 6.45) is 0.238. The van der Waals surface area contributed by atoms with E-state index < -0.39 is 12.1 Å². The third-order valence-corrected chi connectivity index (χ3v) is 6.15. The highest BCUT2D eigenvalue weighted by Gasteiger charge is 2.31. The second-order valence-electron chi connectivity index (χ2n) is 7.06. The van der Waals surface area contributed by atoms with Gasteiger partial charge >= 0.3 is 5.97 Å². The van der Waals surface area contributed by atoms with Gasteiger partial charge in [-0.15, -0.1) is 11.3 Å². The number of hydrogen-bond donors (Lipinski definition) is 0. The van der Waals surface area contributed by atoms with Crippen LogP contribution in [0.3, 0.4) is 0 Å². The van der Waals surface area contributed by atoms with Crippen LogP contribution in [0.15, 0.2) is 35.7 Å². The second kappa shape index (κ2) is 8.24. The van der Waals surface area contributed by atoms with Gasteiger partial charge in [0.05, 0.1) is 12.1 Å². The van der Waals surface area contributed by atoms with Gasteiger partial charge in [0.25, 0.3) is 11.8 Å². The molecule has 0 bridgehead atoms. The van der Waals surface area contributed by atoms with Crippen LogP contribution < -0.4 is 9.64 Å². The molecule has 7 nitrogen and oxygen atoms in total. The van der Waals surface area contributed by atoms with E-state index in [0.29, 0.717) is 24.5 Å². The molecule has 29 heavy (non-hydrogen) atoms. The first-order chi connectivity index (χ1) is 14.0. The number of fused-ring (bicyclic) bond motifs is 2. The van der Waals surface area contributed by atoms with Crippen LogP contribution in [0.4, 0.5) is 5.69 Å². The Hall–Kier alpha value is -2.87. The molecule has 1 aromatic carbocycles. The molecule has 2 aromatic rings. The number of benzene rings is 1. The number of para-hydroxylation sites is 2. The number of ether oxygens (including phenoxy) is 2. The predicted octanol–water partition coefficient (Wildman–Crippen LogP) is 2.38. The normalized spacial score (nSPS) is 18.0. The van der Waals surface area contributed by atoms with E-state index in [1.54, 1.807) is 35.3 Å². The second-order valence-corrected chi connectivity index (χ2v) is 8.06. The largest absolute Gasteiger partial charge is 0.479 e. The molecule has 4 rings (SSSR count). The summed E-state index contributed by atoms with van der Waals surface area (Å²) >= 11 is 1.71. The van der Waals surface area contributed by atoms with E-state index in [2.05, 4.69) is 0 Å². The van der Waals surface area contributed by atoms with Gasteiger partial charge in [0, 0.05) is 24.5 Å². The van der Waals surface area contributed by atoms with Crippen molar-refractivity contribution in [3.8, 4) is 5.75 Å². The molecule has 2 aliphatic heterocycles. The number of carbonyl (C=O) groups is 3. The Morgan fingerprint density at radius 2 is 2.10 bits per heavy atom. The number of rotatable bonds is 5. The van der Waals surface area contributed by atoms with Crippen LogP contribution in [-0.4, -0.2) is 48.5 Å². The van der Waals surface area contributed by atoms with Gasteiger partial charge in [0.2, 0.25) is 0 Å². The summed E-state index contributed by atoms with van der Waals surface area (Å²) in [4.78, 5) is 41.5. The first-order valence-corrected chi connectivity index (χ1v) is 10.5. The lowest BCUT2D eigenvalue weighted by Gasteiger charge is -2.32. The van der Waals surface area contributed by atoms with E-state index in [-0.39, 0.29) is 31.4 Å². The highest BCUT2D eigenvalue weighted by molar-refractivity contribution is 7.10. The molecule has 0 fully saturated rings. The zero-order chi connectivity index (χ0) is 20.4. The number of thiophene rings is 1. The van der Waals surface area contributed by atoms with Crippen LogP contribution in [0.2, 0.25) is 0 Å². The Bertz CT molecular complexity index is 941. The number of anilines is 1. The van der Waals surface area contributed by atoms with E-state index >= 15 is 0 Å². The lowest BCUT2D eigenvalue weighted by Crippen LogP contribution is -2.45. The molecule has 0 aliphatic carbocycles. The molecule has 8 heteroatoms. The summed E-state index contributed by atoms with van der Waals surface area (Å²) in [6.45, 7) is 2.79. The number of carbonyl (C=O) groups excluding carboxylic acids is 3. The Balaban J connectivity index is 1.28. The van der Waals surface area contributed by atoms with E-state index in [9.17, 15) is 14.4 Å². The van der Waals surface area contributed by atoms with Crippen LogP contribution in [0.1, 0.15) is 23.8 Å². The van der Waals surface area contributed by atoms with Gasteiger partial charge in [-0.2, -0.15) is 0 Å². The summed E-state index contributed by atoms with van der Waals surface area (Å²) in [7, 11) is 0. The van der Waals surface area contributed by atoms with Crippen LogP contribution in [0, 0.1) is 0 Å². The highest BCUT2D eigenvalue weighted by atomic mass is 32.1. The lowest BCUT2D eigenvalue weighted by molar-refractivity contribution is -0.152. The summed E-state index contributed by atoms with van der Waals surface area (Å²) in [5, 5.41) is 2.03. The Morgan fingerprint density at radius 3 is 2.97 bits per heavy atom. The molecular weight excluding hydrogens is 392 g/mol. The van der Waals surface area contributed by atoms with Crippen molar-refractivity contribution in [2.24, 2.45) is 0 Å². The summed E-state index contributed by atoms with van der Waals surface area (Å²) < 4.78 is 10.8. The molecule has 0 saturated heterocycles. The van der Waals surface area contributed by atoms with E-state index in [0.717, 1.165) is 6.42 Å². The maximum atomic E-state index is 12.4. The standard InChI is InChI=1S/C21H22N2O5S/c1-14-21(26)23(16-4-2-3-5-17(16)28-14)10-7-20(25)27-13-19(24)22-9-6-18-15(12-22)8-11-29-18/h2-5,8,11,14H,6-7,9-10,12-13H2,1H3/t14-/m1/s1. The lowest BCUT2D eigenvalue weighted by atomic mass is 10.1. The van der Waals surface area contributed by atoms with Gasteiger partial charge in [0.15, 0.2) is 12.7 Å². The molecule has 0 saturated carbocycles. The van der Waals surface area contributed by atoms with E-state index in [1.807, 2.05) is 23.6 Å². The van der Waals surface area contributed by atoms with Crippen molar-refractivity contribution >= 4 is 34.8 Å². The van der Waals surface area contributed by atoms with Crippen molar-refractivity contribution in [3.05, 3.63) is 46.2 Å². The Morgan fingerprint density at radius 1 is 1.28 bits per heavy atom. The molecule has 3 heterocycles. The number of hydrogen-bond acceptors (Lipinski definition) is 6. The third-order valence-electron chi connectivity index (χ3n) is 5.13. The van der Waals surface area contributed by atoms with Crippen molar-refractivity contribution in [2.45, 2.75) is 32.4 Å². The van der Waals surface area contributed by atoms with Crippen molar-refractivity contribution in [2.75, 3.05) is 24.6 Å². The molecule has 0 unspecified atom stereocenters. The molecule has 0 radical (unpaired) electrons. The topological polar surface area (TPSA) is 76.2 Å². The van der Waals surface area contributed by atoms with Gasteiger partial charge in [-0.05, 0) is 42.5 Å².